The molecular formula is C14H26. The molecule has 82 valence electrons. The Hall–Kier alpha value is -0.520. The Morgan fingerprint density at radius 3 is 1.79 bits per heavy atom. The van der Waals surface area contributed by atoms with Gasteiger partial charge in [-0.15, -0.1) is 6.58 Å². The van der Waals surface area contributed by atoms with Crippen LogP contribution in [0.15, 0.2) is 24.3 Å². The predicted molar refractivity (Wildman–Crippen MR) is 66.4 cm³/mol. The maximum absolute atomic E-state index is 4.07. The van der Waals surface area contributed by atoms with Crippen LogP contribution in [0.3, 0.4) is 0 Å². The molecule has 0 aliphatic heterocycles. The molecule has 0 saturated heterocycles. The van der Waals surface area contributed by atoms with Crippen molar-refractivity contribution in [1.29, 1.82) is 0 Å². The van der Waals surface area contributed by atoms with E-state index in [1.165, 1.54) is 11.1 Å². The van der Waals surface area contributed by atoms with E-state index in [4.69, 9.17) is 0 Å². The van der Waals surface area contributed by atoms with E-state index in [1.807, 2.05) is 0 Å². The Morgan fingerprint density at radius 2 is 1.57 bits per heavy atom. The monoisotopic (exact) mass is 194 g/mol. The van der Waals surface area contributed by atoms with Crippen molar-refractivity contribution in [2.75, 3.05) is 0 Å². The average molecular weight is 194 g/mol. The standard InChI is InChI=1S/C14H26/c1-10(2)9-13(14(6,7)8)12(5)11(3)4/h12-13H,1,3,9H2,2,4-8H3. The molecule has 2 atom stereocenters. The van der Waals surface area contributed by atoms with Gasteiger partial charge in [0.25, 0.3) is 0 Å². The minimum atomic E-state index is 0.331. The zero-order valence-electron chi connectivity index (χ0n) is 10.8. The fraction of sp³-hybridized carbons (Fsp3) is 0.714. The van der Waals surface area contributed by atoms with Crippen LogP contribution in [0, 0.1) is 17.3 Å². The highest BCUT2D eigenvalue weighted by atomic mass is 14.3. The molecule has 0 aliphatic rings. The molecule has 0 rings (SSSR count). The SMILES string of the molecule is C=C(C)CC(C(C)C(=C)C)C(C)(C)C. The second-order valence-electron chi connectivity index (χ2n) is 5.77. The number of allylic oxidation sites excluding steroid dienone is 2. The summed E-state index contributed by atoms with van der Waals surface area (Å²) in [7, 11) is 0. The Labute approximate surface area is 90.1 Å². The first-order chi connectivity index (χ1) is 6.16. The highest BCUT2D eigenvalue weighted by Gasteiger charge is 2.29. The lowest BCUT2D eigenvalue weighted by atomic mass is 9.69. The first-order valence-electron chi connectivity index (χ1n) is 5.46. The third-order valence-corrected chi connectivity index (χ3v) is 3.06. The summed E-state index contributed by atoms with van der Waals surface area (Å²) in [6.07, 6.45) is 1.11. The lowest BCUT2D eigenvalue weighted by molar-refractivity contribution is 0.186. The van der Waals surface area contributed by atoms with Gasteiger partial charge in [-0.1, -0.05) is 45.4 Å². The molecule has 0 nitrogen and oxygen atoms in total. The second kappa shape index (κ2) is 4.82. The van der Waals surface area contributed by atoms with Gasteiger partial charge in [0.05, 0.1) is 0 Å². The summed E-state index contributed by atoms with van der Waals surface area (Å²) in [5.74, 6) is 1.23. The Kier molecular flexibility index (Phi) is 4.64. The molecule has 0 aromatic carbocycles. The van der Waals surface area contributed by atoms with Crippen LogP contribution in [0.2, 0.25) is 0 Å². The minimum absolute atomic E-state index is 0.331. The molecule has 0 heterocycles. The molecular weight excluding hydrogens is 168 g/mol. The van der Waals surface area contributed by atoms with Gasteiger partial charge < -0.3 is 0 Å². The lowest BCUT2D eigenvalue weighted by Crippen LogP contribution is -2.27. The van der Waals surface area contributed by atoms with Crippen molar-refractivity contribution in [2.24, 2.45) is 17.3 Å². The van der Waals surface area contributed by atoms with Crippen molar-refractivity contribution in [3.05, 3.63) is 24.3 Å². The molecule has 0 radical (unpaired) electrons. The van der Waals surface area contributed by atoms with Crippen LogP contribution in [-0.2, 0) is 0 Å². The number of hydrogen-bond donors (Lipinski definition) is 0. The molecule has 0 fully saturated rings. The van der Waals surface area contributed by atoms with E-state index < -0.39 is 0 Å². The van der Waals surface area contributed by atoms with Gasteiger partial charge in [0.1, 0.15) is 0 Å². The van der Waals surface area contributed by atoms with Crippen LogP contribution in [0.5, 0.6) is 0 Å². The van der Waals surface area contributed by atoms with Crippen molar-refractivity contribution >= 4 is 0 Å². The van der Waals surface area contributed by atoms with Crippen LogP contribution in [0.1, 0.15) is 48.0 Å². The molecule has 0 saturated carbocycles. The Bertz CT molecular complexity index is 215. The quantitative estimate of drug-likeness (QED) is 0.562. The lowest BCUT2D eigenvalue weighted by Gasteiger charge is -2.36. The summed E-state index contributed by atoms with van der Waals surface area (Å²) >= 11 is 0. The van der Waals surface area contributed by atoms with Gasteiger partial charge >= 0.3 is 0 Å². The van der Waals surface area contributed by atoms with Gasteiger partial charge in [-0.2, -0.15) is 0 Å². The summed E-state index contributed by atoms with van der Waals surface area (Å²) in [5.41, 5.74) is 2.89. The first-order valence-corrected chi connectivity index (χ1v) is 5.46. The number of rotatable bonds is 4. The van der Waals surface area contributed by atoms with Gasteiger partial charge in [0.15, 0.2) is 0 Å². The van der Waals surface area contributed by atoms with Crippen LogP contribution in [0.25, 0.3) is 0 Å². The fourth-order valence-electron chi connectivity index (χ4n) is 1.95. The third-order valence-electron chi connectivity index (χ3n) is 3.06. The summed E-state index contributed by atoms with van der Waals surface area (Å²) in [5, 5.41) is 0. The molecule has 0 heteroatoms. The van der Waals surface area contributed by atoms with Crippen LogP contribution < -0.4 is 0 Å². The molecule has 0 N–H and O–H groups in total. The summed E-state index contributed by atoms with van der Waals surface area (Å²) in [6.45, 7) is 21.5. The number of hydrogen-bond acceptors (Lipinski definition) is 0. The molecule has 0 amide bonds. The third kappa shape index (κ3) is 4.13. The van der Waals surface area contributed by atoms with Crippen LogP contribution >= 0.6 is 0 Å². The Morgan fingerprint density at radius 1 is 1.14 bits per heavy atom. The van der Waals surface area contributed by atoms with E-state index in [1.54, 1.807) is 0 Å². The van der Waals surface area contributed by atoms with E-state index in [0.717, 1.165) is 6.42 Å². The van der Waals surface area contributed by atoms with E-state index in [-0.39, 0.29) is 0 Å². The normalized spacial score (nSPS) is 16.1. The van der Waals surface area contributed by atoms with Crippen molar-refractivity contribution in [1.82, 2.24) is 0 Å². The average Bonchev–Trinajstić information content (AvgIpc) is 1.96. The predicted octanol–water partition coefficient (Wildman–Crippen LogP) is 4.83. The molecule has 0 aromatic heterocycles. The largest absolute Gasteiger partial charge is 0.100 e. The van der Waals surface area contributed by atoms with E-state index in [0.29, 0.717) is 17.3 Å². The zero-order chi connectivity index (χ0) is 11.5. The molecule has 0 aromatic rings. The van der Waals surface area contributed by atoms with E-state index in [9.17, 15) is 0 Å². The maximum Gasteiger partial charge on any atom is -0.0201 e. The second-order valence-corrected chi connectivity index (χ2v) is 5.77. The molecule has 14 heavy (non-hydrogen) atoms. The maximum atomic E-state index is 4.07. The summed E-state index contributed by atoms with van der Waals surface area (Å²) < 4.78 is 0. The zero-order valence-corrected chi connectivity index (χ0v) is 10.8. The van der Waals surface area contributed by atoms with Crippen molar-refractivity contribution in [2.45, 2.75) is 48.0 Å². The highest BCUT2D eigenvalue weighted by molar-refractivity contribution is 5.03. The molecule has 0 bridgehead atoms. The van der Waals surface area contributed by atoms with Gasteiger partial charge in [-0.3, -0.25) is 0 Å². The van der Waals surface area contributed by atoms with Gasteiger partial charge in [-0.25, -0.2) is 0 Å². The van der Waals surface area contributed by atoms with Gasteiger partial charge in [0.2, 0.25) is 0 Å². The molecule has 2 unspecified atom stereocenters. The minimum Gasteiger partial charge on any atom is -0.100 e. The van der Waals surface area contributed by atoms with Gasteiger partial charge in [0, 0.05) is 0 Å². The van der Waals surface area contributed by atoms with Crippen molar-refractivity contribution < 1.29 is 0 Å². The molecule has 0 spiro atoms. The van der Waals surface area contributed by atoms with Crippen molar-refractivity contribution in [3.63, 3.8) is 0 Å². The van der Waals surface area contributed by atoms with E-state index in [2.05, 4.69) is 54.7 Å². The Balaban J connectivity index is 4.73. The van der Waals surface area contributed by atoms with Crippen molar-refractivity contribution in [3.8, 4) is 0 Å². The summed E-state index contributed by atoms with van der Waals surface area (Å²) in [4.78, 5) is 0. The van der Waals surface area contributed by atoms with Crippen LogP contribution in [0.4, 0.5) is 0 Å². The smallest absolute Gasteiger partial charge is 0.0201 e. The summed E-state index contributed by atoms with van der Waals surface area (Å²) in [6, 6.07) is 0. The van der Waals surface area contributed by atoms with E-state index >= 15 is 0 Å². The fourth-order valence-corrected chi connectivity index (χ4v) is 1.95. The molecule has 0 aliphatic carbocycles. The first kappa shape index (κ1) is 13.5. The topological polar surface area (TPSA) is 0 Å². The van der Waals surface area contributed by atoms with Gasteiger partial charge in [-0.05, 0) is 37.5 Å². The van der Waals surface area contributed by atoms with Crippen LogP contribution in [-0.4, -0.2) is 0 Å². The highest BCUT2D eigenvalue weighted by Crippen LogP contribution is 2.38.